The molecule has 1 fully saturated rings. The van der Waals surface area contributed by atoms with Crippen LogP contribution in [0.5, 0.6) is 5.75 Å². The summed E-state index contributed by atoms with van der Waals surface area (Å²) in [6.45, 7) is 0.936. The molecule has 1 saturated heterocycles. The van der Waals surface area contributed by atoms with Crippen LogP contribution in [0.15, 0.2) is 53.6 Å². The highest BCUT2D eigenvalue weighted by Gasteiger charge is 2.29. The van der Waals surface area contributed by atoms with Crippen molar-refractivity contribution in [2.45, 2.75) is 23.3 Å². The van der Waals surface area contributed by atoms with Gasteiger partial charge in [-0.25, -0.2) is 4.98 Å². The standard InChI is InChI=1S/C28H27N5O4S/c1-31-27(36)20-4-2-3-18(13-20)17-38-28-24(15-30)25(19-5-7-22(8-6-19)37-12-11-34)23(14-29)26(32-28)33-10-9-21(35)16-33/h2-8,13,21,34-35H,9-12,16-17H2,1H3,(H,31,36)/t21-/m1/s1. The fourth-order valence-electron chi connectivity index (χ4n) is 4.30. The highest BCUT2D eigenvalue weighted by atomic mass is 32.2. The zero-order valence-corrected chi connectivity index (χ0v) is 21.7. The van der Waals surface area contributed by atoms with E-state index in [1.807, 2.05) is 11.0 Å². The number of aliphatic hydroxyl groups excluding tert-OH is 2. The molecule has 0 unspecified atom stereocenters. The van der Waals surface area contributed by atoms with Crippen LogP contribution in [-0.4, -0.2) is 60.6 Å². The molecular formula is C28H27N5O4S. The molecule has 194 valence electrons. The zero-order chi connectivity index (χ0) is 27.1. The Hall–Kier alpha value is -4.09. The maximum Gasteiger partial charge on any atom is 0.251 e. The van der Waals surface area contributed by atoms with Crippen molar-refractivity contribution in [1.29, 1.82) is 10.5 Å². The number of nitriles is 2. The second-order valence-corrected chi connectivity index (χ2v) is 9.61. The number of aliphatic hydroxyl groups is 2. The molecule has 3 N–H and O–H groups in total. The smallest absolute Gasteiger partial charge is 0.251 e. The predicted molar refractivity (Wildman–Crippen MR) is 144 cm³/mol. The number of nitrogens with zero attached hydrogens (tertiary/aromatic N) is 4. The number of nitrogens with one attached hydrogen (secondary N) is 1. The third kappa shape index (κ3) is 5.90. The van der Waals surface area contributed by atoms with Gasteiger partial charge in [0, 0.05) is 37.0 Å². The van der Waals surface area contributed by atoms with E-state index in [1.54, 1.807) is 49.5 Å². The van der Waals surface area contributed by atoms with Crippen LogP contribution in [0.3, 0.4) is 0 Å². The third-order valence-electron chi connectivity index (χ3n) is 6.13. The van der Waals surface area contributed by atoms with Gasteiger partial charge >= 0.3 is 0 Å². The van der Waals surface area contributed by atoms with E-state index in [1.165, 1.54) is 11.8 Å². The van der Waals surface area contributed by atoms with E-state index in [2.05, 4.69) is 17.5 Å². The Bertz CT molecular complexity index is 1400. The van der Waals surface area contributed by atoms with Gasteiger partial charge in [0.15, 0.2) is 0 Å². The summed E-state index contributed by atoms with van der Waals surface area (Å²) < 4.78 is 5.46. The summed E-state index contributed by atoms with van der Waals surface area (Å²) in [5.74, 6) is 1.26. The van der Waals surface area contributed by atoms with Crippen molar-refractivity contribution >= 4 is 23.5 Å². The second kappa shape index (κ2) is 12.4. The molecule has 0 aliphatic carbocycles. The molecule has 38 heavy (non-hydrogen) atoms. The Morgan fingerprint density at radius 1 is 1.21 bits per heavy atom. The van der Waals surface area contributed by atoms with Crippen molar-refractivity contribution < 1.29 is 19.7 Å². The van der Waals surface area contributed by atoms with Crippen molar-refractivity contribution in [1.82, 2.24) is 10.3 Å². The number of hydrogen-bond acceptors (Lipinski definition) is 9. The highest BCUT2D eigenvalue weighted by Crippen LogP contribution is 2.39. The average Bonchev–Trinajstić information content (AvgIpc) is 3.39. The van der Waals surface area contributed by atoms with Crippen molar-refractivity contribution in [3.05, 3.63) is 70.8 Å². The lowest BCUT2D eigenvalue weighted by Crippen LogP contribution is -2.24. The van der Waals surface area contributed by atoms with E-state index < -0.39 is 6.10 Å². The number of benzene rings is 2. The second-order valence-electron chi connectivity index (χ2n) is 8.64. The number of β-amino-alcohol motifs (C(OH)–C–C–N with tert-alkyl or cyclic N) is 1. The van der Waals surface area contributed by atoms with E-state index in [4.69, 9.17) is 14.8 Å². The Morgan fingerprint density at radius 2 is 1.97 bits per heavy atom. The van der Waals surface area contributed by atoms with Gasteiger partial charge in [-0.2, -0.15) is 10.5 Å². The summed E-state index contributed by atoms with van der Waals surface area (Å²) in [5.41, 5.74) is 3.09. The minimum Gasteiger partial charge on any atom is -0.491 e. The monoisotopic (exact) mass is 529 g/mol. The summed E-state index contributed by atoms with van der Waals surface area (Å²) in [5, 5.41) is 42.7. The Labute approximate surface area is 225 Å². The number of rotatable bonds is 9. The van der Waals surface area contributed by atoms with Crippen LogP contribution in [0.4, 0.5) is 5.82 Å². The lowest BCUT2D eigenvalue weighted by molar-refractivity contribution is 0.0963. The molecule has 0 radical (unpaired) electrons. The van der Waals surface area contributed by atoms with Crippen LogP contribution in [0.2, 0.25) is 0 Å². The first-order chi connectivity index (χ1) is 18.5. The molecule has 2 heterocycles. The molecule has 3 aromatic rings. The van der Waals surface area contributed by atoms with Gasteiger partial charge in [0.2, 0.25) is 0 Å². The molecule has 4 rings (SSSR count). The number of carbonyl (C=O) groups excluding carboxylic acids is 1. The summed E-state index contributed by atoms with van der Waals surface area (Å²) in [4.78, 5) is 18.7. The first-order valence-electron chi connectivity index (χ1n) is 12.1. The van der Waals surface area contributed by atoms with Gasteiger partial charge in [-0.15, -0.1) is 11.8 Å². The molecule has 1 aliphatic heterocycles. The third-order valence-corrected chi connectivity index (χ3v) is 7.17. The van der Waals surface area contributed by atoms with Gasteiger partial charge in [0.25, 0.3) is 5.91 Å². The van der Waals surface area contributed by atoms with Gasteiger partial charge in [-0.3, -0.25) is 4.79 Å². The maximum atomic E-state index is 12.1. The van der Waals surface area contributed by atoms with E-state index in [-0.39, 0.29) is 30.2 Å². The lowest BCUT2D eigenvalue weighted by atomic mass is 9.96. The van der Waals surface area contributed by atoms with Crippen LogP contribution in [0.25, 0.3) is 11.1 Å². The summed E-state index contributed by atoms with van der Waals surface area (Å²) >= 11 is 1.35. The number of anilines is 1. The fourth-order valence-corrected chi connectivity index (χ4v) is 5.22. The summed E-state index contributed by atoms with van der Waals surface area (Å²) in [6.07, 6.45) is 0.0435. The first kappa shape index (κ1) is 27.0. The number of hydrogen-bond donors (Lipinski definition) is 3. The average molecular weight is 530 g/mol. The van der Waals surface area contributed by atoms with E-state index in [9.17, 15) is 20.4 Å². The van der Waals surface area contributed by atoms with Crippen molar-refractivity contribution in [2.24, 2.45) is 0 Å². The molecular weight excluding hydrogens is 502 g/mol. The Kier molecular flexibility index (Phi) is 8.82. The van der Waals surface area contributed by atoms with Gasteiger partial charge < -0.3 is 25.2 Å². The van der Waals surface area contributed by atoms with Crippen LogP contribution < -0.4 is 15.0 Å². The number of amides is 1. The molecule has 2 aromatic carbocycles. The normalized spacial score (nSPS) is 14.6. The maximum absolute atomic E-state index is 12.1. The van der Waals surface area contributed by atoms with E-state index in [0.717, 1.165) is 5.56 Å². The van der Waals surface area contributed by atoms with Gasteiger partial charge in [-0.1, -0.05) is 24.3 Å². The fraction of sp³-hybridized carbons (Fsp3) is 0.286. The largest absolute Gasteiger partial charge is 0.491 e. The number of pyridine rings is 1. The van der Waals surface area contributed by atoms with E-state index >= 15 is 0 Å². The minimum atomic E-state index is -0.519. The van der Waals surface area contributed by atoms with Crippen LogP contribution in [0, 0.1) is 22.7 Å². The summed E-state index contributed by atoms with van der Waals surface area (Å²) in [7, 11) is 1.58. The van der Waals surface area contributed by atoms with Gasteiger partial charge in [-0.05, 0) is 41.8 Å². The quantitative estimate of drug-likeness (QED) is 0.356. The van der Waals surface area contributed by atoms with Crippen molar-refractivity contribution in [2.75, 3.05) is 38.3 Å². The molecule has 1 atom stereocenters. The SMILES string of the molecule is CNC(=O)c1cccc(CSc2nc(N3CC[C@@H](O)C3)c(C#N)c(-c3ccc(OCCO)cc3)c2C#N)c1. The Morgan fingerprint density at radius 3 is 2.61 bits per heavy atom. The van der Waals surface area contributed by atoms with Crippen molar-refractivity contribution in [3.63, 3.8) is 0 Å². The number of carbonyl (C=O) groups is 1. The minimum absolute atomic E-state index is 0.110. The highest BCUT2D eigenvalue weighted by molar-refractivity contribution is 7.98. The molecule has 0 spiro atoms. The number of ether oxygens (including phenoxy) is 1. The Balaban J connectivity index is 1.78. The molecule has 10 heteroatoms. The van der Waals surface area contributed by atoms with Crippen LogP contribution in [-0.2, 0) is 5.75 Å². The first-order valence-corrected chi connectivity index (χ1v) is 13.1. The van der Waals surface area contributed by atoms with Crippen LogP contribution >= 0.6 is 11.8 Å². The number of aromatic nitrogens is 1. The molecule has 0 bridgehead atoms. The molecule has 0 saturated carbocycles. The zero-order valence-electron chi connectivity index (χ0n) is 20.8. The molecule has 9 nitrogen and oxygen atoms in total. The lowest BCUT2D eigenvalue weighted by Gasteiger charge is -2.22. The topological polar surface area (TPSA) is 142 Å². The predicted octanol–water partition coefficient (Wildman–Crippen LogP) is 3.09. The van der Waals surface area contributed by atoms with Gasteiger partial charge in [0.05, 0.1) is 18.3 Å². The van der Waals surface area contributed by atoms with Crippen LogP contribution in [0.1, 0.15) is 33.5 Å². The van der Waals surface area contributed by atoms with E-state index in [0.29, 0.717) is 58.5 Å². The van der Waals surface area contributed by atoms with Crippen molar-refractivity contribution in [3.8, 4) is 29.0 Å². The molecule has 1 amide bonds. The molecule has 1 aromatic heterocycles. The molecule has 1 aliphatic rings. The number of thioether (sulfide) groups is 1. The summed E-state index contributed by atoms with van der Waals surface area (Å²) in [6, 6.07) is 18.7. The van der Waals surface area contributed by atoms with Gasteiger partial charge in [0.1, 0.15) is 40.9 Å².